The predicted molar refractivity (Wildman–Crippen MR) is 237 cm³/mol. The highest BCUT2D eigenvalue weighted by atomic mass is 16.7. The van der Waals surface area contributed by atoms with Crippen LogP contribution in [0, 0.1) is 17.8 Å². The zero-order chi connectivity index (χ0) is 48.4. The number of nitrogens with two attached hydrogens (primary N) is 1. The lowest BCUT2D eigenvalue weighted by Crippen LogP contribution is -2.61. The molecule has 0 saturated carbocycles. The maximum absolute atomic E-state index is 12.6. The molecule has 18 heteroatoms. The van der Waals surface area contributed by atoms with Gasteiger partial charge in [-0.1, -0.05) is 86.8 Å². The van der Waals surface area contributed by atoms with Gasteiger partial charge in [0.25, 0.3) is 0 Å². The van der Waals surface area contributed by atoms with Crippen molar-refractivity contribution in [3.05, 3.63) is 72.9 Å². The van der Waals surface area contributed by atoms with Crippen LogP contribution in [0.5, 0.6) is 0 Å². The lowest BCUT2D eigenvalue weighted by Gasteiger charge is -2.45. The third-order valence-corrected chi connectivity index (χ3v) is 12.2. The summed E-state index contributed by atoms with van der Waals surface area (Å²) in [6.07, 6.45) is 2.28. The molecule has 0 aromatic carbocycles. The van der Waals surface area contributed by atoms with Gasteiger partial charge < -0.3 is 80.9 Å². The van der Waals surface area contributed by atoms with Crippen molar-refractivity contribution in [1.82, 2.24) is 0 Å². The Hall–Kier alpha value is -3.18. The molecule has 2 bridgehead atoms. The molecule has 3 aliphatic heterocycles. The maximum atomic E-state index is 12.6. The van der Waals surface area contributed by atoms with Gasteiger partial charge in [-0.3, -0.25) is 9.59 Å². The number of aliphatic hydroxyl groups is 10. The van der Waals surface area contributed by atoms with Crippen LogP contribution in [0.4, 0.5) is 0 Å². The molecule has 0 aromatic rings. The normalized spacial score (nSPS) is 45.2. The number of ether oxygens (including phenoxy) is 4. The number of allylic oxidation sites excluding steroid dienone is 10. The molecule has 18 nitrogen and oxygen atoms in total. The highest BCUT2D eigenvalue weighted by Crippen LogP contribution is 2.38. The third-order valence-electron chi connectivity index (χ3n) is 12.2. The molecule has 65 heavy (non-hydrogen) atoms. The zero-order valence-corrected chi connectivity index (χ0v) is 37.8. The van der Waals surface area contributed by atoms with Crippen LogP contribution < -0.4 is 5.73 Å². The van der Waals surface area contributed by atoms with E-state index in [0.29, 0.717) is 0 Å². The molecule has 17 unspecified atom stereocenters. The molecule has 0 amide bonds. The molecule has 0 spiro atoms. The van der Waals surface area contributed by atoms with E-state index < -0.39 is 141 Å². The number of carboxylic acids is 1. The monoisotopic (exact) mass is 926 g/mol. The standard InChI is InChI=1S/C47H75NO17/c1-27-17-15-13-11-9-7-5-6-8-10-12-14-16-18-34(64-46-44(58)41(48)43(57)30(4)63-46)24-38-40(45(59)60)37(54)26-47(61,65-38)25-36(53)35(52)20-19-31(49)21-32(50)22-33(51)23-39(55)62-29(3)28(2)42(27)56/h5-6,8,10-18,27-38,40-44,46,49-54,56-58,61H,7,9,19-26,48H2,1-4H3,(H,59,60)/b6-5+,10-8+,13-11+,14-12+,17-15+,18-16+/t27?,28?,29?,30?,31?,32?,33?,34?,35?,36?,37?,38?,40?,41-,42?,43?,44+,46?,47?/m1/s1. The summed E-state index contributed by atoms with van der Waals surface area (Å²) in [5.74, 6) is -6.82. The molecule has 0 radical (unpaired) electrons. The molecule has 0 aromatic heterocycles. The summed E-state index contributed by atoms with van der Waals surface area (Å²) in [6, 6.07) is -1.14. The summed E-state index contributed by atoms with van der Waals surface area (Å²) in [5.41, 5.74) is 6.02. The summed E-state index contributed by atoms with van der Waals surface area (Å²) in [6.45, 7) is 6.78. The quantitative estimate of drug-likeness (QED) is 0.175. The number of rotatable bonds is 3. The first-order valence-electron chi connectivity index (χ1n) is 22.6. The average Bonchev–Trinajstić information content (AvgIpc) is 3.21. The molecule has 2 fully saturated rings. The highest BCUT2D eigenvalue weighted by Gasteiger charge is 2.51. The number of carboxylic acid groups (broad SMARTS) is 1. The lowest BCUT2D eigenvalue weighted by molar-refractivity contribution is -0.310. The second kappa shape index (κ2) is 27.6. The number of hydrogen-bond donors (Lipinski definition) is 12. The van der Waals surface area contributed by atoms with Gasteiger partial charge >= 0.3 is 11.9 Å². The van der Waals surface area contributed by atoms with Crippen LogP contribution in [0.15, 0.2) is 72.9 Å². The first-order chi connectivity index (χ1) is 30.6. The summed E-state index contributed by atoms with van der Waals surface area (Å²) in [4.78, 5) is 25.1. The molecule has 13 N–H and O–H groups in total. The van der Waals surface area contributed by atoms with Crippen LogP contribution in [0.1, 0.15) is 91.9 Å². The Kier molecular flexibility index (Phi) is 23.8. The summed E-state index contributed by atoms with van der Waals surface area (Å²) >= 11 is 0. The van der Waals surface area contributed by atoms with E-state index in [1.54, 1.807) is 38.2 Å². The molecule has 0 aliphatic carbocycles. The van der Waals surface area contributed by atoms with Crippen molar-refractivity contribution in [3.63, 3.8) is 0 Å². The van der Waals surface area contributed by atoms with Crippen molar-refractivity contribution in [2.45, 2.75) is 189 Å². The zero-order valence-electron chi connectivity index (χ0n) is 37.8. The molecule has 2 saturated heterocycles. The summed E-state index contributed by atoms with van der Waals surface area (Å²) < 4.78 is 23.2. The van der Waals surface area contributed by atoms with Gasteiger partial charge in [-0.05, 0) is 52.4 Å². The fourth-order valence-electron chi connectivity index (χ4n) is 8.11. The van der Waals surface area contributed by atoms with Gasteiger partial charge in [0.15, 0.2) is 12.1 Å². The van der Waals surface area contributed by atoms with E-state index in [-0.39, 0.29) is 38.0 Å². The largest absolute Gasteiger partial charge is 0.481 e. The van der Waals surface area contributed by atoms with Gasteiger partial charge in [0.2, 0.25) is 0 Å². The topological polar surface area (TPSA) is 320 Å². The molecular weight excluding hydrogens is 851 g/mol. The van der Waals surface area contributed by atoms with Gasteiger partial charge in [0.1, 0.15) is 18.1 Å². The SMILES string of the molecule is CC1/C=C/C=C/CC/C=C/C=C/C=C/C=C/C(OC2OC(C)C(O)[C@@H](N)[C@@H]2O)CC2OC(O)(CC(O)C(O)CCC(O)CC(O)CC(O)CC(=O)OC(C)C(C)C1O)CC(O)C2C(=O)O. The van der Waals surface area contributed by atoms with Gasteiger partial charge in [0.05, 0.1) is 79.6 Å². The van der Waals surface area contributed by atoms with Crippen LogP contribution in [0.25, 0.3) is 0 Å². The fourth-order valence-corrected chi connectivity index (χ4v) is 8.11. The van der Waals surface area contributed by atoms with Crippen LogP contribution in [0.3, 0.4) is 0 Å². The number of aliphatic hydroxyl groups excluding tert-OH is 9. The van der Waals surface area contributed by atoms with E-state index in [1.165, 1.54) is 13.0 Å². The second-order valence-corrected chi connectivity index (χ2v) is 17.8. The Bertz CT molecular complexity index is 1620. The summed E-state index contributed by atoms with van der Waals surface area (Å²) in [5, 5.41) is 118. The van der Waals surface area contributed by atoms with E-state index in [1.807, 2.05) is 49.5 Å². The second-order valence-electron chi connectivity index (χ2n) is 17.8. The van der Waals surface area contributed by atoms with Crippen molar-refractivity contribution >= 4 is 11.9 Å². The number of hydrogen-bond acceptors (Lipinski definition) is 17. The van der Waals surface area contributed by atoms with Gasteiger partial charge in [-0.15, -0.1) is 0 Å². The number of carbonyl (C=O) groups excluding carboxylic acids is 1. The van der Waals surface area contributed by atoms with Crippen LogP contribution >= 0.6 is 0 Å². The number of cyclic esters (lactones) is 1. The number of carbonyl (C=O) groups is 2. The number of esters is 1. The maximum Gasteiger partial charge on any atom is 0.311 e. The molecule has 3 aliphatic rings. The van der Waals surface area contributed by atoms with Crippen LogP contribution in [0.2, 0.25) is 0 Å². The minimum Gasteiger partial charge on any atom is -0.481 e. The van der Waals surface area contributed by atoms with Gasteiger partial charge in [-0.25, -0.2) is 0 Å². The van der Waals surface area contributed by atoms with E-state index in [4.69, 9.17) is 24.7 Å². The van der Waals surface area contributed by atoms with Crippen molar-refractivity contribution in [2.24, 2.45) is 23.5 Å². The minimum absolute atomic E-state index is 0.138. The Morgan fingerprint density at radius 2 is 1.28 bits per heavy atom. The molecule has 3 heterocycles. The fraction of sp³-hybridized carbons (Fsp3) is 0.702. The lowest BCUT2D eigenvalue weighted by atomic mass is 9.82. The smallest absolute Gasteiger partial charge is 0.311 e. The third kappa shape index (κ3) is 18.8. The number of fused-ring (bicyclic) bond motifs is 2. The highest BCUT2D eigenvalue weighted by molar-refractivity contribution is 5.71. The first-order valence-corrected chi connectivity index (χ1v) is 22.6. The predicted octanol–water partition coefficient (Wildman–Crippen LogP) is 0.936. The number of aliphatic carboxylic acids is 1. The van der Waals surface area contributed by atoms with E-state index in [9.17, 15) is 65.8 Å². The average molecular weight is 926 g/mol. The Labute approximate surface area is 381 Å². The summed E-state index contributed by atoms with van der Waals surface area (Å²) in [7, 11) is 0. The van der Waals surface area contributed by atoms with E-state index in [0.717, 1.165) is 12.8 Å². The molecule has 370 valence electrons. The Morgan fingerprint density at radius 1 is 0.692 bits per heavy atom. The van der Waals surface area contributed by atoms with Crippen molar-refractivity contribution in [1.29, 1.82) is 0 Å². The van der Waals surface area contributed by atoms with Gasteiger partial charge in [-0.2, -0.15) is 0 Å². The Balaban J connectivity index is 1.84. The van der Waals surface area contributed by atoms with E-state index in [2.05, 4.69) is 0 Å². The van der Waals surface area contributed by atoms with Crippen LogP contribution in [-0.2, 0) is 28.5 Å². The van der Waals surface area contributed by atoms with Crippen molar-refractivity contribution in [3.8, 4) is 0 Å². The van der Waals surface area contributed by atoms with Crippen molar-refractivity contribution in [2.75, 3.05) is 0 Å². The van der Waals surface area contributed by atoms with E-state index >= 15 is 0 Å². The minimum atomic E-state index is -2.35. The van der Waals surface area contributed by atoms with Gasteiger partial charge in [0, 0.05) is 31.1 Å². The Morgan fingerprint density at radius 3 is 1.94 bits per heavy atom. The molecule has 3 rings (SSSR count). The molecule has 19 atom stereocenters. The van der Waals surface area contributed by atoms with Crippen molar-refractivity contribution < 1.29 is 84.7 Å². The first kappa shape index (κ1) is 56.1. The van der Waals surface area contributed by atoms with Crippen LogP contribution in [-0.4, -0.2) is 166 Å². The molecular formula is C47H75NO17.